The van der Waals surface area contributed by atoms with E-state index in [-0.39, 0.29) is 16.7 Å². The average molecular weight is 335 g/mol. The molecule has 1 atom stereocenters. The van der Waals surface area contributed by atoms with Crippen LogP contribution >= 0.6 is 23.2 Å². The normalized spacial score (nSPS) is 12.6. The molecule has 1 heterocycles. The summed E-state index contributed by atoms with van der Waals surface area (Å²) in [5, 5.41) is 11.8. The third-order valence-corrected chi connectivity index (χ3v) is 2.64. The van der Waals surface area contributed by atoms with Crippen LogP contribution in [0.2, 0.25) is 10.3 Å². The molecule has 8 heteroatoms. The Morgan fingerprint density at radius 1 is 1.33 bits per heavy atom. The molecule has 2 N–H and O–H groups in total. The van der Waals surface area contributed by atoms with Crippen LogP contribution in [0.4, 0.5) is 4.79 Å². The van der Waals surface area contributed by atoms with Crippen LogP contribution < -0.4 is 5.32 Å². The Morgan fingerprint density at radius 2 is 1.86 bits per heavy atom. The molecule has 0 aliphatic carbocycles. The van der Waals surface area contributed by atoms with E-state index in [0.717, 1.165) is 0 Å². The Balaban J connectivity index is 2.78. The molecule has 0 saturated heterocycles. The summed E-state index contributed by atoms with van der Waals surface area (Å²) in [6.07, 6.45) is -0.794. The molecule has 0 fully saturated rings. The first-order valence-corrected chi connectivity index (χ1v) is 6.87. The smallest absolute Gasteiger partial charge is 0.408 e. The SMILES string of the molecule is CC(C)(C)OC(=O)NC(Cc1cc(Cl)nc(Cl)c1)C(=O)O. The molecule has 0 spiro atoms. The summed E-state index contributed by atoms with van der Waals surface area (Å²) in [6.45, 7) is 5.06. The zero-order valence-corrected chi connectivity index (χ0v) is 13.3. The van der Waals surface area contributed by atoms with Gasteiger partial charge in [0.05, 0.1) is 0 Å². The summed E-state index contributed by atoms with van der Waals surface area (Å²) >= 11 is 11.5. The van der Waals surface area contributed by atoms with Crippen molar-refractivity contribution < 1.29 is 19.4 Å². The first-order valence-electron chi connectivity index (χ1n) is 6.11. The molecule has 116 valence electrons. The first kappa shape index (κ1) is 17.5. The first-order chi connectivity index (χ1) is 9.56. The zero-order chi connectivity index (χ0) is 16.2. The maximum atomic E-state index is 11.6. The van der Waals surface area contributed by atoms with E-state index in [4.69, 9.17) is 33.0 Å². The summed E-state index contributed by atoms with van der Waals surface area (Å²) in [7, 11) is 0. The molecule has 0 aliphatic rings. The highest BCUT2D eigenvalue weighted by atomic mass is 35.5. The number of carboxylic acid groups (broad SMARTS) is 1. The molecule has 1 amide bonds. The third-order valence-electron chi connectivity index (χ3n) is 2.25. The number of alkyl carbamates (subject to hydrolysis) is 1. The average Bonchev–Trinajstić information content (AvgIpc) is 2.23. The van der Waals surface area contributed by atoms with Gasteiger partial charge in [-0.1, -0.05) is 23.2 Å². The number of aliphatic carboxylic acids is 1. The molecule has 0 bridgehead atoms. The largest absolute Gasteiger partial charge is 0.480 e. The van der Waals surface area contributed by atoms with Gasteiger partial charge < -0.3 is 15.2 Å². The van der Waals surface area contributed by atoms with Gasteiger partial charge in [0.15, 0.2) is 0 Å². The summed E-state index contributed by atoms with van der Waals surface area (Å²) in [6, 6.07) is 1.81. The summed E-state index contributed by atoms with van der Waals surface area (Å²) in [5.41, 5.74) is -0.167. The van der Waals surface area contributed by atoms with Crippen LogP contribution in [0.25, 0.3) is 0 Å². The number of amides is 1. The van der Waals surface area contributed by atoms with Crippen LogP contribution in [-0.4, -0.2) is 33.8 Å². The number of ether oxygens (including phenoxy) is 1. The summed E-state index contributed by atoms with van der Waals surface area (Å²) in [4.78, 5) is 26.6. The lowest BCUT2D eigenvalue weighted by molar-refractivity contribution is -0.139. The summed E-state index contributed by atoms with van der Waals surface area (Å²) < 4.78 is 5.03. The van der Waals surface area contributed by atoms with E-state index in [1.807, 2.05) is 0 Å². The van der Waals surface area contributed by atoms with Gasteiger partial charge in [0.25, 0.3) is 0 Å². The van der Waals surface area contributed by atoms with Crippen LogP contribution in [-0.2, 0) is 16.0 Å². The van der Waals surface area contributed by atoms with E-state index >= 15 is 0 Å². The van der Waals surface area contributed by atoms with Gasteiger partial charge in [-0.15, -0.1) is 0 Å². The molecule has 0 aromatic carbocycles. The highest BCUT2D eigenvalue weighted by molar-refractivity contribution is 6.32. The molecular formula is C13H16Cl2N2O4. The minimum Gasteiger partial charge on any atom is -0.480 e. The van der Waals surface area contributed by atoms with E-state index in [0.29, 0.717) is 5.56 Å². The Hall–Kier alpha value is -1.53. The van der Waals surface area contributed by atoms with Crippen LogP contribution in [0.3, 0.4) is 0 Å². The number of hydrogen-bond acceptors (Lipinski definition) is 4. The van der Waals surface area contributed by atoms with E-state index < -0.39 is 23.7 Å². The van der Waals surface area contributed by atoms with E-state index in [9.17, 15) is 9.59 Å². The number of pyridine rings is 1. The van der Waals surface area contributed by atoms with Gasteiger partial charge in [-0.05, 0) is 38.5 Å². The number of nitrogens with zero attached hydrogens (tertiary/aromatic N) is 1. The number of carbonyl (C=O) groups is 2. The van der Waals surface area contributed by atoms with Gasteiger partial charge >= 0.3 is 12.1 Å². The van der Waals surface area contributed by atoms with Gasteiger partial charge in [0.1, 0.15) is 21.9 Å². The Labute approximate surface area is 132 Å². The number of carboxylic acids is 1. The molecule has 1 aromatic rings. The van der Waals surface area contributed by atoms with Crippen molar-refractivity contribution in [2.24, 2.45) is 0 Å². The number of halogens is 2. The highest BCUT2D eigenvalue weighted by Crippen LogP contribution is 2.16. The number of nitrogens with one attached hydrogen (secondary N) is 1. The van der Waals surface area contributed by atoms with Crippen molar-refractivity contribution in [2.75, 3.05) is 0 Å². The number of carbonyl (C=O) groups excluding carboxylic acids is 1. The van der Waals surface area contributed by atoms with Gasteiger partial charge in [0.2, 0.25) is 0 Å². The fourth-order valence-electron chi connectivity index (χ4n) is 1.52. The second-order valence-electron chi connectivity index (χ2n) is 5.36. The summed E-state index contributed by atoms with van der Waals surface area (Å²) in [5.74, 6) is -1.19. The van der Waals surface area contributed by atoms with E-state index in [2.05, 4.69) is 10.3 Å². The molecule has 0 radical (unpaired) electrons. The van der Waals surface area contributed by atoms with Gasteiger partial charge in [0, 0.05) is 6.42 Å². The fourth-order valence-corrected chi connectivity index (χ4v) is 2.02. The molecule has 0 aliphatic heterocycles. The minimum absolute atomic E-state index is 0.0105. The monoisotopic (exact) mass is 334 g/mol. The Kier molecular flexibility index (Phi) is 5.80. The van der Waals surface area contributed by atoms with Crippen molar-refractivity contribution in [3.63, 3.8) is 0 Å². The van der Waals surface area contributed by atoms with E-state index in [1.54, 1.807) is 20.8 Å². The van der Waals surface area contributed by atoms with Crippen molar-refractivity contribution in [1.29, 1.82) is 0 Å². The third kappa shape index (κ3) is 6.64. The maximum Gasteiger partial charge on any atom is 0.408 e. The van der Waals surface area contributed by atoms with Gasteiger partial charge in [-0.25, -0.2) is 14.6 Å². The van der Waals surface area contributed by atoms with Gasteiger partial charge in [-0.3, -0.25) is 0 Å². The number of rotatable bonds is 4. The second-order valence-corrected chi connectivity index (χ2v) is 6.14. The van der Waals surface area contributed by atoms with Crippen molar-refractivity contribution in [2.45, 2.75) is 38.8 Å². The Morgan fingerprint density at radius 3 is 2.29 bits per heavy atom. The van der Waals surface area contributed by atoms with Gasteiger partial charge in [-0.2, -0.15) is 0 Å². The van der Waals surface area contributed by atoms with Crippen LogP contribution in [0.1, 0.15) is 26.3 Å². The Bertz CT molecular complexity index is 523. The second kappa shape index (κ2) is 6.95. The maximum absolute atomic E-state index is 11.6. The predicted molar refractivity (Wildman–Crippen MR) is 78.8 cm³/mol. The van der Waals surface area contributed by atoms with Crippen LogP contribution in [0.5, 0.6) is 0 Å². The standard InChI is InChI=1S/C13H16Cl2N2O4/c1-13(2,3)21-12(20)16-8(11(18)19)4-7-5-9(14)17-10(15)6-7/h5-6,8H,4H2,1-3H3,(H,16,20)(H,18,19). The molecule has 0 saturated carbocycles. The quantitative estimate of drug-likeness (QED) is 0.826. The fraction of sp³-hybridized carbons (Fsp3) is 0.462. The lowest BCUT2D eigenvalue weighted by Crippen LogP contribution is -2.44. The molecule has 1 rings (SSSR count). The zero-order valence-electron chi connectivity index (χ0n) is 11.8. The minimum atomic E-state index is -1.19. The van der Waals surface area contributed by atoms with Crippen molar-refractivity contribution in [3.8, 4) is 0 Å². The number of aromatic nitrogens is 1. The molecule has 21 heavy (non-hydrogen) atoms. The van der Waals surface area contributed by atoms with E-state index in [1.165, 1.54) is 12.1 Å². The highest BCUT2D eigenvalue weighted by Gasteiger charge is 2.24. The van der Waals surface area contributed by atoms with Crippen molar-refractivity contribution >= 4 is 35.3 Å². The number of hydrogen-bond donors (Lipinski definition) is 2. The van der Waals surface area contributed by atoms with Crippen molar-refractivity contribution in [3.05, 3.63) is 28.0 Å². The van der Waals surface area contributed by atoms with Crippen molar-refractivity contribution in [1.82, 2.24) is 10.3 Å². The predicted octanol–water partition coefficient (Wildman–Crippen LogP) is 2.91. The van der Waals surface area contributed by atoms with Crippen LogP contribution in [0.15, 0.2) is 12.1 Å². The molecule has 6 nitrogen and oxygen atoms in total. The van der Waals surface area contributed by atoms with Crippen LogP contribution in [0, 0.1) is 0 Å². The molecular weight excluding hydrogens is 319 g/mol. The molecule has 1 unspecified atom stereocenters. The molecule has 1 aromatic heterocycles. The lowest BCUT2D eigenvalue weighted by atomic mass is 10.1. The lowest BCUT2D eigenvalue weighted by Gasteiger charge is -2.22. The topological polar surface area (TPSA) is 88.5 Å².